The first-order valence-corrected chi connectivity index (χ1v) is 13.9. The molecule has 1 aliphatic carbocycles. The number of urea groups is 1. The summed E-state index contributed by atoms with van der Waals surface area (Å²) >= 11 is 0. The van der Waals surface area contributed by atoms with Crippen LogP contribution >= 0.6 is 0 Å². The van der Waals surface area contributed by atoms with Gasteiger partial charge in [-0.25, -0.2) is 9.59 Å². The third kappa shape index (κ3) is 8.37. The Labute approximate surface area is 236 Å². The van der Waals surface area contributed by atoms with Gasteiger partial charge in [-0.15, -0.1) is 0 Å². The van der Waals surface area contributed by atoms with Crippen LogP contribution in [0.2, 0.25) is 0 Å². The van der Waals surface area contributed by atoms with E-state index in [9.17, 15) is 14.7 Å². The van der Waals surface area contributed by atoms with Crippen molar-refractivity contribution in [2.75, 3.05) is 25.1 Å². The lowest BCUT2D eigenvalue weighted by Gasteiger charge is -2.30. The largest absolute Gasteiger partial charge is 0.478 e. The molecule has 1 fully saturated rings. The number of rotatable bonds is 12. The number of carbonyl (C=O) groups excluding carboxylic acids is 1. The minimum absolute atomic E-state index is 0.107. The first-order valence-electron chi connectivity index (χ1n) is 13.9. The zero-order chi connectivity index (χ0) is 28.3. The summed E-state index contributed by atoms with van der Waals surface area (Å²) in [5.41, 5.74) is 4.52. The number of carbonyl (C=O) groups is 2. The van der Waals surface area contributed by atoms with Gasteiger partial charge in [-0.3, -0.25) is 4.98 Å². The second-order valence-electron chi connectivity index (χ2n) is 10.5. The van der Waals surface area contributed by atoms with Gasteiger partial charge in [-0.1, -0.05) is 48.9 Å². The third-order valence-electron chi connectivity index (χ3n) is 7.40. The van der Waals surface area contributed by atoms with Gasteiger partial charge < -0.3 is 24.8 Å². The summed E-state index contributed by atoms with van der Waals surface area (Å²) in [4.78, 5) is 30.8. The molecule has 1 unspecified atom stereocenters. The molecule has 3 aromatic rings. The molecule has 0 saturated heterocycles. The Morgan fingerprint density at radius 3 is 2.65 bits per heavy atom. The molecule has 2 atom stereocenters. The molecular weight excluding hydrogens is 506 g/mol. The number of benzene rings is 2. The van der Waals surface area contributed by atoms with Gasteiger partial charge in [0.1, 0.15) is 0 Å². The van der Waals surface area contributed by atoms with Gasteiger partial charge in [0.25, 0.3) is 0 Å². The summed E-state index contributed by atoms with van der Waals surface area (Å²) in [6.07, 6.45) is 7.58. The van der Waals surface area contributed by atoms with Crippen LogP contribution in [0.25, 0.3) is 0 Å². The van der Waals surface area contributed by atoms with E-state index in [0.29, 0.717) is 43.3 Å². The zero-order valence-electron chi connectivity index (χ0n) is 23.3. The van der Waals surface area contributed by atoms with Gasteiger partial charge in [0.2, 0.25) is 0 Å². The Bertz CT molecular complexity index is 1270. The minimum atomic E-state index is -0.923. The van der Waals surface area contributed by atoms with E-state index in [1.54, 1.807) is 30.3 Å². The fourth-order valence-corrected chi connectivity index (χ4v) is 5.24. The number of ether oxygens (including phenoxy) is 2. The Hall–Kier alpha value is -3.75. The van der Waals surface area contributed by atoms with Crippen LogP contribution in [-0.4, -0.2) is 52.9 Å². The molecule has 1 aromatic heterocycles. The average molecular weight is 546 g/mol. The number of carboxylic acids is 1. The van der Waals surface area contributed by atoms with Gasteiger partial charge in [-0.2, -0.15) is 0 Å². The second kappa shape index (κ2) is 14.6. The molecule has 0 bridgehead atoms. The summed E-state index contributed by atoms with van der Waals surface area (Å²) in [7, 11) is 0. The first kappa shape index (κ1) is 29.2. The van der Waals surface area contributed by atoms with Crippen LogP contribution in [0, 0.1) is 19.8 Å². The van der Waals surface area contributed by atoms with E-state index in [4.69, 9.17) is 9.47 Å². The fraction of sp³-hybridized carbons (Fsp3) is 0.406. The smallest absolute Gasteiger partial charge is 0.336 e. The Balaban J connectivity index is 1.27. The lowest BCUT2D eigenvalue weighted by molar-refractivity contribution is -0.0140. The molecule has 0 spiro atoms. The number of carboxylic acid groups (broad SMARTS) is 1. The fourth-order valence-electron chi connectivity index (χ4n) is 5.24. The Morgan fingerprint density at radius 2 is 1.88 bits per heavy atom. The van der Waals surface area contributed by atoms with E-state index < -0.39 is 5.97 Å². The van der Waals surface area contributed by atoms with E-state index in [2.05, 4.69) is 10.3 Å². The molecule has 8 heteroatoms. The number of para-hydroxylation sites is 1. The SMILES string of the molecule is Cc1ccccc1NC(=O)N(CCO[C@H]1CCCC(COCc2cccc(C)c2C(=O)O)C1)Cc1cccnc1. The second-order valence-corrected chi connectivity index (χ2v) is 10.5. The quantitative estimate of drug-likeness (QED) is 0.280. The van der Waals surface area contributed by atoms with Gasteiger partial charge in [-0.05, 0) is 73.4 Å². The normalized spacial score (nSPS) is 16.9. The third-order valence-corrected chi connectivity index (χ3v) is 7.40. The highest BCUT2D eigenvalue weighted by Crippen LogP contribution is 2.27. The molecule has 0 aliphatic heterocycles. The molecule has 212 valence electrons. The van der Waals surface area contributed by atoms with Crippen molar-refractivity contribution in [2.45, 2.75) is 58.8 Å². The number of hydrogen-bond donors (Lipinski definition) is 2. The van der Waals surface area contributed by atoms with E-state index in [-0.39, 0.29) is 18.7 Å². The molecule has 1 heterocycles. The first-order chi connectivity index (χ1) is 19.4. The predicted molar refractivity (Wildman–Crippen MR) is 154 cm³/mol. The van der Waals surface area contributed by atoms with Gasteiger partial charge >= 0.3 is 12.0 Å². The molecule has 8 nitrogen and oxygen atoms in total. The summed E-state index contributed by atoms with van der Waals surface area (Å²) in [6.45, 7) is 5.96. The highest BCUT2D eigenvalue weighted by Gasteiger charge is 2.24. The zero-order valence-corrected chi connectivity index (χ0v) is 23.3. The molecular formula is C32H39N3O5. The lowest BCUT2D eigenvalue weighted by atomic mass is 9.88. The molecule has 0 radical (unpaired) electrons. The highest BCUT2D eigenvalue weighted by molar-refractivity contribution is 5.91. The van der Waals surface area contributed by atoms with Crippen LogP contribution in [0.15, 0.2) is 67.0 Å². The predicted octanol–water partition coefficient (Wildman–Crippen LogP) is 6.22. The van der Waals surface area contributed by atoms with Crippen LogP contribution in [0.5, 0.6) is 0 Å². The number of anilines is 1. The molecule has 1 saturated carbocycles. The molecule has 40 heavy (non-hydrogen) atoms. The standard InChI is InChI=1S/C32H39N3O5/c1-23-8-3-4-14-29(23)34-32(38)35(20-26-11-7-15-33-19-26)16-17-40-28-13-6-10-25(18-28)21-39-22-27-12-5-9-24(2)30(27)31(36)37/h3-5,7-9,11-12,14-15,19,25,28H,6,10,13,16-18,20-22H2,1-2H3,(H,34,38)(H,36,37)/t25?,28-/m0/s1. The molecule has 2 aromatic carbocycles. The maximum absolute atomic E-state index is 13.2. The van der Waals surface area contributed by atoms with Crippen molar-refractivity contribution in [2.24, 2.45) is 5.92 Å². The molecule has 4 rings (SSSR count). The summed E-state index contributed by atoms with van der Waals surface area (Å²) in [6, 6.07) is 16.9. The summed E-state index contributed by atoms with van der Waals surface area (Å²) in [5.74, 6) is -0.569. The maximum Gasteiger partial charge on any atom is 0.336 e. The van der Waals surface area contributed by atoms with Crippen molar-refractivity contribution in [3.05, 3.63) is 94.8 Å². The minimum Gasteiger partial charge on any atom is -0.478 e. The summed E-state index contributed by atoms with van der Waals surface area (Å²) in [5, 5.41) is 12.6. The van der Waals surface area contributed by atoms with Gasteiger partial charge in [0.15, 0.2) is 0 Å². The van der Waals surface area contributed by atoms with Gasteiger partial charge in [0, 0.05) is 37.8 Å². The van der Waals surface area contributed by atoms with E-state index >= 15 is 0 Å². The number of aromatic nitrogens is 1. The molecule has 2 N–H and O–H groups in total. The Morgan fingerprint density at radius 1 is 1.05 bits per heavy atom. The van der Waals surface area contributed by atoms with Crippen molar-refractivity contribution >= 4 is 17.7 Å². The number of amides is 2. The number of aryl methyl sites for hydroxylation is 2. The lowest BCUT2D eigenvalue weighted by Crippen LogP contribution is -2.38. The van der Waals surface area contributed by atoms with Crippen LogP contribution in [0.1, 0.15) is 58.3 Å². The monoisotopic (exact) mass is 545 g/mol. The molecule has 1 aliphatic rings. The van der Waals surface area contributed by atoms with E-state index in [0.717, 1.165) is 48.1 Å². The number of nitrogens with one attached hydrogen (secondary N) is 1. The topological polar surface area (TPSA) is 101 Å². The maximum atomic E-state index is 13.2. The Kier molecular flexibility index (Phi) is 10.7. The number of aromatic carboxylic acids is 1. The number of nitrogens with zero attached hydrogens (tertiary/aromatic N) is 2. The number of hydrogen-bond acceptors (Lipinski definition) is 5. The van der Waals surface area contributed by atoms with E-state index in [1.807, 2.05) is 55.5 Å². The van der Waals surface area contributed by atoms with Crippen molar-refractivity contribution in [3.8, 4) is 0 Å². The van der Waals surface area contributed by atoms with Crippen LogP contribution in [-0.2, 0) is 22.6 Å². The number of pyridine rings is 1. The average Bonchev–Trinajstić information content (AvgIpc) is 2.94. The molecule has 2 amide bonds. The van der Waals surface area contributed by atoms with Gasteiger partial charge in [0.05, 0.1) is 24.9 Å². The van der Waals surface area contributed by atoms with E-state index in [1.165, 1.54) is 0 Å². The highest BCUT2D eigenvalue weighted by atomic mass is 16.5. The van der Waals surface area contributed by atoms with Crippen LogP contribution in [0.4, 0.5) is 10.5 Å². The van der Waals surface area contributed by atoms with Crippen molar-refractivity contribution in [1.29, 1.82) is 0 Å². The van der Waals surface area contributed by atoms with Crippen molar-refractivity contribution in [1.82, 2.24) is 9.88 Å². The van der Waals surface area contributed by atoms with Crippen LogP contribution in [0.3, 0.4) is 0 Å². The summed E-state index contributed by atoms with van der Waals surface area (Å²) < 4.78 is 12.2. The van der Waals surface area contributed by atoms with Crippen molar-refractivity contribution < 1.29 is 24.2 Å². The van der Waals surface area contributed by atoms with Crippen LogP contribution < -0.4 is 5.32 Å². The van der Waals surface area contributed by atoms with Crippen molar-refractivity contribution in [3.63, 3.8) is 0 Å².